The van der Waals surface area contributed by atoms with Crippen LogP contribution in [0.25, 0.3) is 0 Å². The molecule has 1 aromatic carbocycles. The second-order valence-electron chi connectivity index (χ2n) is 2.75. The van der Waals surface area contributed by atoms with Crippen LogP contribution in [0.5, 0.6) is 0 Å². The average Bonchev–Trinajstić information content (AvgIpc) is 2.00. The molecule has 0 aliphatic rings. The van der Waals surface area contributed by atoms with Gasteiger partial charge in [-0.2, -0.15) is 13.2 Å². The van der Waals surface area contributed by atoms with Crippen LogP contribution in [0.2, 0.25) is 0 Å². The summed E-state index contributed by atoms with van der Waals surface area (Å²) in [5.41, 5.74) is 8.01. The minimum atomic E-state index is -4.63. The molecule has 82 valence electrons. The van der Waals surface area contributed by atoms with Crippen LogP contribution in [-0.4, -0.2) is 5.91 Å². The second-order valence-corrected chi connectivity index (χ2v) is 3.60. The molecule has 0 bridgehead atoms. The summed E-state index contributed by atoms with van der Waals surface area (Å²) in [4.78, 5) is 10.8. The van der Waals surface area contributed by atoms with E-state index in [1.165, 1.54) is 0 Å². The number of anilines is 1. The fourth-order valence-electron chi connectivity index (χ4n) is 1.10. The van der Waals surface area contributed by atoms with Crippen molar-refractivity contribution in [1.82, 2.24) is 0 Å². The molecule has 0 saturated carbocycles. The van der Waals surface area contributed by atoms with Gasteiger partial charge in [0.25, 0.3) is 5.91 Å². The number of amides is 1. The van der Waals surface area contributed by atoms with Crippen LogP contribution in [-0.2, 0) is 6.18 Å². The summed E-state index contributed by atoms with van der Waals surface area (Å²) in [6, 6.07) is 2.22. The first-order valence-electron chi connectivity index (χ1n) is 3.70. The van der Waals surface area contributed by atoms with Gasteiger partial charge in [0.15, 0.2) is 0 Å². The fourth-order valence-corrected chi connectivity index (χ4v) is 1.67. The first-order chi connectivity index (χ1) is 6.75. The molecular formula is C8H6BrF3N2O. The molecule has 1 amide bonds. The van der Waals surface area contributed by atoms with Crippen molar-refractivity contribution >= 4 is 27.5 Å². The Labute approximate surface area is 91.4 Å². The third-order valence-electron chi connectivity index (χ3n) is 1.74. The van der Waals surface area contributed by atoms with Gasteiger partial charge >= 0.3 is 6.18 Å². The smallest absolute Gasteiger partial charge is 0.398 e. The van der Waals surface area contributed by atoms with E-state index >= 15 is 0 Å². The molecule has 0 spiro atoms. The molecule has 1 aromatic rings. The summed E-state index contributed by atoms with van der Waals surface area (Å²) in [6.45, 7) is 0. The van der Waals surface area contributed by atoms with Crippen LogP contribution in [0, 0.1) is 0 Å². The Morgan fingerprint density at radius 3 is 2.27 bits per heavy atom. The molecule has 0 saturated heterocycles. The Bertz CT molecular complexity index is 417. The molecular weight excluding hydrogens is 277 g/mol. The maximum Gasteiger partial charge on any atom is 0.419 e. The monoisotopic (exact) mass is 282 g/mol. The molecule has 7 heteroatoms. The van der Waals surface area contributed by atoms with E-state index in [0.29, 0.717) is 0 Å². The highest BCUT2D eigenvalue weighted by molar-refractivity contribution is 9.10. The number of carbonyl (C=O) groups excluding carboxylic acids is 1. The number of alkyl halides is 3. The Balaban J connectivity index is 3.51. The lowest BCUT2D eigenvalue weighted by Crippen LogP contribution is -2.18. The fraction of sp³-hybridized carbons (Fsp3) is 0.125. The molecule has 3 nitrogen and oxygen atoms in total. The molecule has 0 aliphatic heterocycles. The molecule has 4 N–H and O–H groups in total. The zero-order chi connectivity index (χ0) is 11.8. The summed E-state index contributed by atoms with van der Waals surface area (Å²) < 4.78 is 37.2. The van der Waals surface area contributed by atoms with E-state index in [1.807, 2.05) is 0 Å². The minimum absolute atomic E-state index is 0.225. The lowest BCUT2D eigenvalue weighted by Gasteiger charge is -2.13. The normalized spacial score (nSPS) is 11.5. The summed E-state index contributed by atoms with van der Waals surface area (Å²) >= 11 is 2.71. The summed E-state index contributed by atoms with van der Waals surface area (Å²) in [7, 11) is 0. The lowest BCUT2D eigenvalue weighted by molar-refractivity contribution is -0.137. The highest BCUT2D eigenvalue weighted by atomic mass is 79.9. The van der Waals surface area contributed by atoms with Gasteiger partial charge in [-0.25, -0.2) is 0 Å². The quantitative estimate of drug-likeness (QED) is 0.775. The van der Waals surface area contributed by atoms with Crippen molar-refractivity contribution in [3.8, 4) is 0 Å². The van der Waals surface area contributed by atoms with Crippen LogP contribution >= 0.6 is 15.9 Å². The molecule has 15 heavy (non-hydrogen) atoms. The van der Waals surface area contributed by atoms with Gasteiger partial charge in [0, 0.05) is 4.47 Å². The summed E-state index contributed by atoms with van der Waals surface area (Å²) in [6.07, 6.45) is -4.63. The topological polar surface area (TPSA) is 69.1 Å². The van der Waals surface area contributed by atoms with Gasteiger partial charge in [0.2, 0.25) is 0 Å². The van der Waals surface area contributed by atoms with Crippen molar-refractivity contribution in [2.24, 2.45) is 5.73 Å². The van der Waals surface area contributed by atoms with Crippen molar-refractivity contribution in [1.29, 1.82) is 0 Å². The Kier molecular flexibility index (Phi) is 2.94. The average molecular weight is 283 g/mol. The maximum atomic E-state index is 12.5. The number of carbonyl (C=O) groups is 1. The van der Waals surface area contributed by atoms with E-state index < -0.39 is 23.3 Å². The Hall–Kier alpha value is -1.24. The minimum Gasteiger partial charge on any atom is -0.398 e. The molecule has 0 aliphatic carbocycles. The number of halogens is 4. The molecule has 0 radical (unpaired) electrons. The predicted molar refractivity (Wildman–Crippen MR) is 52.1 cm³/mol. The van der Waals surface area contributed by atoms with Crippen molar-refractivity contribution in [3.05, 3.63) is 27.7 Å². The molecule has 1 rings (SSSR count). The molecule has 0 heterocycles. The van der Waals surface area contributed by atoms with E-state index in [1.54, 1.807) is 0 Å². The predicted octanol–water partition coefficient (Wildman–Crippen LogP) is 2.15. The van der Waals surface area contributed by atoms with Crippen LogP contribution in [0.1, 0.15) is 15.9 Å². The zero-order valence-corrected chi connectivity index (χ0v) is 8.82. The van der Waals surface area contributed by atoms with Crippen LogP contribution in [0.4, 0.5) is 18.9 Å². The van der Waals surface area contributed by atoms with Gasteiger partial charge in [-0.15, -0.1) is 0 Å². The number of nitrogen functional groups attached to an aromatic ring is 1. The first kappa shape index (κ1) is 11.8. The standard InChI is InChI=1S/C8H6BrF3N2O/c9-4-2-1-3(7(14)15)6(13)5(4)8(10,11)12/h1-2H,13H2,(H2,14,15). The third kappa shape index (κ3) is 2.23. The van der Waals surface area contributed by atoms with Gasteiger partial charge in [-0.1, -0.05) is 15.9 Å². The number of rotatable bonds is 1. The zero-order valence-electron chi connectivity index (χ0n) is 7.23. The van der Waals surface area contributed by atoms with Gasteiger partial charge in [0.1, 0.15) is 0 Å². The van der Waals surface area contributed by atoms with Crippen molar-refractivity contribution in [3.63, 3.8) is 0 Å². The number of primary amides is 1. The molecule has 0 aromatic heterocycles. The van der Waals surface area contributed by atoms with Crippen molar-refractivity contribution in [2.45, 2.75) is 6.18 Å². The van der Waals surface area contributed by atoms with Crippen molar-refractivity contribution < 1.29 is 18.0 Å². The van der Waals surface area contributed by atoms with E-state index in [4.69, 9.17) is 11.5 Å². The molecule has 0 unspecified atom stereocenters. The van der Waals surface area contributed by atoms with Crippen LogP contribution in [0.15, 0.2) is 16.6 Å². The molecule has 0 fully saturated rings. The van der Waals surface area contributed by atoms with E-state index in [-0.39, 0.29) is 10.0 Å². The SMILES string of the molecule is NC(=O)c1ccc(Br)c(C(F)(F)F)c1N. The third-order valence-corrected chi connectivity index (χ3v) is 2.40. The number of hydrogen-bond donors (Lipinski definition) is 2. The first-order valence-corrected chi connectivity index (χ1v) is 4.49. The maximum absolute atomic E-state index is 12.5. The van der Waals surface area contributed by atoms with Crippen LogP contribution < -0.4 is 11.5 Å². The van der Waals surface area contributed by atoms with Gasteiger partial charge in [-0.3, -0.25) is 4.79 Å². The summed E-state index contributed by atoms with van der Waals surface area (Å²) in [5, 5.41) is 0. The van der Waals surface area contributed by atoms with Gasteiger partial charge in [0.05, 0.1) is 16.8 Å². The number of hydrogen-bond acceptors (Lipinski definition) is 2. The Morgan fingerprint density at radius 1 is 1.33 bits per heavy atom. The highest BCUT2D eigenvalue weighted by Crippen LogP contribution is 2.39. The van der Waals surface area contributed by atoms with Crippen molar-refractivity contribution in [2.75, 3.05) is 5.73 Å². The summed E-state index contributed by atoms with van der Waals surface area (Å²) in [5.74, 6) is -0.995. The largest absolute Gasteiger partial charge is 0.419 e. The lowest BCUT2D eigenvalue weighted by atomic mass is 10.1. The van der Waals surface area contributed by atoms with E-state index in [9.17, 15) is 18.0 Å². The highest BCUT2D eigenvalue weighted by Gasteiger charge is 2.36. The number of benzene rings is 1. The van der Waals surface area contributed by atoms with Crippen LogP contribution in [0.3, 0.4) is 0 Å². The number of nitrogens with two attached hydrogens (primary N) is 2. The van der Waals surface area contributed by atoms with E-state index in [2.05, 4.69) is 15.9 Å². The molecule has 0 atom stereocenters. The van der Waals surface area contributed by atoms with E-state index in [0.717, 1.165) is 12.1 Å². The second kappa shape index (κ2) is 3.73. The van der Waals surface area contributed by atoms with Gasteiger partial charge in [-0.05, 0) is 12.1 Å². The van der Waals surface area contributed by atoms with Gasteiger partial charge < -0.3 is 11.5 Å². The Morgan fingerprint density at radius 2 is 1.87 bits per heavy atom.